The van der Waals surface area contributed by atoms with Gasteiger partial charge >= 0.3 is 0 Å². The summed E-state index contributed by atoms with van der Waals surface area (Å²) in [5.41, 5.74) is 2.84. The molecule has 5 heteroatoms. The Morgan fingerprint density at radius 3 is 2.77 bits per heavy atom. The summed E-state index contributed by atoms with van der Waals surface area (Å²) in [6, 6.07) is 20.0. The van der Waals surface area contributed by atoms with E-state index >= 15 is 0 Å². The maximum absolute atomic E-state index is 12.4. The smallest absolute Gasteiger partial charge is 0.260 e. The first-order chi connectivity index (χ1) is 12.6. The summed E-state index contributed by atoms with van der Waals surface area (Å²) in [6.45, 7) is 1.99. The Kier molecular flexibility index (Phi) is 4.62. The van der Waals surface area contributed by atoms with Crippen LogP contribution < -0.4 is 10.6 Å². The minimum absolute atomic E-state index is 0.0629. The highest BCUT2D eigenvalue weighted by Gasteiger charge is 2.27. The Morgan fingerprint density at radius 2 is 1.92 bits per heavy atom. The van der Waals surface area contributed by atoms with Crippen molar-refractivity contribution in [3.05, 3.63) is 81.7 Å². The SMILES string of the molecule is Cc1cc(Cl)ccc1NC1NC(=O)/C(=C/c2cccc3ccccc23)S1. The number of carbonyl (C=O) groups excluding carboxylic acids is 1. The molecule has 1 unspecified atom stereocenters. The predicted octanol–water partition coefficient (Wildman–Crippen LogP) is 5.40. The van der Waals surface area contributed by atoms with Crippen LogP contribution in [0.3, 0.4) is 0 Å². The van der Waals surface area contributed by atoms with E-state index in [-0.39, 0.29) is 11.4 Å². The molecule has 1 amide bonds. The van der Waals surface area contributed by atoms with Gasteiger partial charge in [0.2, 0.25) is 0 Å². The molecule has 0 spiro atoms. The van der Waals surface area contributed by atoms with Crippen LogP contribution in [-0.4, -0.2) is 11.4 Å². The molecule has 3 aromatic rings. The number of rotatable bonds is 3. The summed E-state index contributed by atoms with van der Waals surface area (Å²) in [6.07, 6.45) is 1.96. The first-order valence-electron chi connectivity index (χ1n) is 8.30. The van der Waals surface area contributed by atoms with Crippen LogP contribution in [0.5, 0.6) is 0 Å². The van der Waals surface area contributed by atoms with E-state index in [0.717, 1.165) is 27.6 Å². The molecule has 0 saturated carbocycles. The summed E-state index contributed by atoms with van der Waals surface area (Å²) < 4.78 is 0. The van der Waals surface area contributed by atoms with E-state index in [1.807, 2.05) is 55.5 Å². The van der Waals surface area contributed by atoms with Crippen molar-refractivity contribution in [2.75, 3.05) is 5.32 Å². The van der Waals surface area contributed by atoms with Crippen molar-refractivity contribution in [3.8, 4) is 0 Å². The van der Waals surface area contributed by atoms with E-state index < -0.39 is 0 Å². The molecular formula is C21H17ClN2OS. The molecule has 0 radical (unpaired) electrons. The molecule has 3 nitrogen and oxygen atoms in total. The third-order valence-electron chi connectivity index (χ3n) is 4.32. The van der Waals surface area contributed by atoms with E-state index in [2.05, 4.69) is 28.8 Å². The van der Waals surface area contributed by atoms with Gasteiger partial charge in [-0.3, -0.25) is 4.79 Å². The molecule has 1 atom stereocenters. The lowest BCUT2D eigenvalue weighted by Crippen LogP contribution is -2.31. The van der Waals surface area contributed by atoms with Gasteiger partial charge < -0.3 is 10.6 Å². The molecule has 4 rings (SSSR count). The second-order valence-electron chi connectivity index (χ2n) is 6.15. The van der Waals surface area contributed by atoms with Gasteiger partial charge in [0.1, 0.15) is 0 Å². The summed E-state index contributed by atoms with van der Waals surface area (Å²) in [7, 11) is 0. The quantitative estimate of drug-likeness (QED) is 0.597. The average Bonchev–Trinajstić information content (AvgIpc) is 2.97. The van der Waals surface area contributed by atoms with Gasteiger partial charge in [0, 0.05) is 10.7 Å². The lowest BCUT2D eigenvalue weighted by molar-refractivity contribution is -0.116. The Balaban J connectivity index is 1.58. The minimum Gasteiger partial charge on any atom is -0.356 e. The second-order valence-corrected chi connectivity index (χ2v) is 7.74. The van der Waals surface area contributed by atoms with Crippen molar-refractivity contribution < 1.29 is 4.79 Å². The van der Waals surface area contributed by atoms with Crippen molar-refractivity contribution in [1.82, 2.24) is 5.32 Å². The van der Waals surface area contributed by atoms with Crippen LogP contribution in [0.15, 0.2) is 65.6 Å². The predicted molar refractivity (Wildman–Crippen MR) is 111 cm³/mol. The lowest BCUT2D eigenvalue weighted by Gasteiger charge is -2.15. The first-order valence-corrected chi connectivity index (χ1v) is 9.55. The number of halogens is 1. The summed E-state index contributed by atoms with van der Waals surface area (Å²) in [5, 5.41) is 9.33. The van der Waals surface area contributed by atoms with Crippen molar-refractivity contribution >= 4 is 51.8 Å². The zero-order chi connectivity index (χ0) is 18.1. The first kappa shape index (κ1) is 17.0. The zero-order valence-corrected chi connectivity index (χ0v) is 15.7. The summed E-state index contributed by atoms with van der Waals surface area (Å²) in [4.78, 5) is 13.1. The number of hydrogen-bond acceptors (Lipinski definition) is 3. The van der Waals surface area contributed by atoms with E-state index in [9.17, 15) is 4.79 Å². The van der Waals surface area contributed by atoms with Crippen LogP contribution in [0.1, 0.15) is 11.1 Å². The number of fused-ring (bicyclic) bond motifs is 1. The van der Waals surface area contributed by atoms with Crippen LogP contribution in [0.4, 0.5) is 5.69 Å². The molecule has 1 aliphatic rings. The molecule has 0 aromatic heterocycles. The van der Waals surface area contributed by atoms with Gasteiger partial charge in [0.15, 0.2) is 5.50 Å². The average molecular weight is 381 g/mol. The van der Waals surface area contributed by atoms with Crippen LogP contribution in [-0.2, 0) is 4.79 Å². The fourth-order valence-corrected chi connectivity index (χ4v) is 4.21. The maximum atomic E-state index is 12.4. The van der Waals surface area contributed by atoms with E-state index in [1.54, 1.807) is 0 Å². The van der Waals surface area contributed by atoms with Gasteiger partial charge in [-0.2, -0.15) is 0 Å². The van der Waals surface area contributed by atoms with Gasteiger partial charge in [-0.25, -0.2) is 0 Å². The molecule has 26 heavy (non-hydrogen) atoms. The highest BCUT2D eigenvalue weighted by atomic mass is 35.5. The molecule has 1 saturated heterocycles. The zero-order valence-electron chi connectivity index (χ0n) is 14.1. The molecule has 0 bridgehead atoms. The third kappa shape index (κ3) is 3.43. The number of carbonyl (C=O) groups is 1. The van der Waals surface area contributed by atoms with Crippen molar-refractivity contribution in [2.24, 2.45) is 0 Å². The van der Waals surface area contributed by atoms with E-state index in [4.69, 9.17) is 11.6 Å². The Hall–Kier alpha value is -2.43. The number of amides is 1. The maximum Gasteiger partial charge on any atom is 0.260 e. The van der Waals surface area contributed by atoms with Crippen LogP contribution in [0, 0.1) is 6.92 Å². The molecule has 2 N–H and O–H groups in total. The molecular weight excluding hydrogens is 364 g/mol. The summed E-state index contributed by atoms with van der Waals surface area (Å²) in [5.74, 6) is -0.0629. The van der Waals surface area contributed by atoms with E-state index in [0.29, 0.717) is 9.93 Å². The molecule has 1 fully saturated rings. The number of nitrogens with one attached hydrogen (secondary N) is 2. The van der Waals surface area contributed by atoms with Gasteiger partial charge in [-0.05, 0) is 53.1 Å². The van der Waals surface area contributed by atoms with E-state index in [1.165, 1.54) is 11.8 Å². The molecule has 130 valence electrons. The fourth-order valence-electron chi connectivity index (χ4n) is 3.01. The van der Waals surface area contributed by atoms with Crippen LogP contribution in [0.2, 0.25) is 5.02 Å². The Bertz CT molecular complexity index is 1030. The Labute approximate surface area is 161 Å². The molecule has 1 heterocycles. The van der Waals surface area contributed by atoms with Gasteiger partial charge in [0.25, 0.3) is 5.91 Å². The topological polar surface area (TPSA) is 41.1 Å². The standard InChI is InChI=1S/C21H17ClN2OS/c1-13-11-16(22)9-10-18(13)23-21-24-20(25)19(26-21)12-15-7-4-6-14-5-2-3-8-17(14)15/h2-12,21,23H,1H3,(H,24,25)/b19-12-. The molecule has 0 aliphatic carbocycles. The number of thioether (sulfide) groups is 1. The van der Waals surface area contributed by atoms with Crippen molar-refractivity contribution in [1.29, 1.82) is 0 Å². The Morgan fingerprint density at radius 1 is 1.12 bits per heavy atom. The number of benzene rings is 3. The molecule has 1 aliphatic heterocycles. The third-order valence-corrected chi connectivity index (χ3v) is 5.58. The van der Waals surface area contributed by atoms with Crippen molar-refractivity contribution in [3.63, 3.8) is 0 Å². The van der Waals surface area contributed by atoms with Crippen LogP contribution in [0.25, 0.3) is 16.8 Å². The lowest BCUT2D eigenvalue weighted by atomic mass is 10.0. The molecule has 3 aromatic carbocycles. The minimum atomic E-state index is -0.205. The second kappa shape index (κ2) is 7.06. The van der Waals surface area contributed by atoms with Crippen LogP contribution >= 0.6 is 23.4 Å². The fraction of sp³-hybridized carbons (Fsp3) is 0.0952. The van der Waals surface area contributed by atoms with Gasteiger partial charge in [-0.15, -0.1) is 0 Å². The number of anilines is 1. The summed E-state index contributed by atoms with van der Waals surface area (Å²) >= 11 is 7.49. The monoisotopic (exact) mass is 380 g/mol. The highest BCUT2D eigenvalue weighted by molar-refractivity contribution is 8.05. The van der Waals surface area contributed by atoms with Gasteiger partial charge in [-0.1, -0.05) is 65.8 Å². The number of aryl methyl sites for hydroxylation is 1. The largest absolute Gasteiger partial charge is 0.356 e. The van der Waals surface area contributed by atoms with Gasteiger partial charge in [0.05, 0.1) is 4.91 Å². The van der Waals surface area contributed by atoms with Crippen molar-refractivity contribution in [2.45, 2.75) is 12.4 Å². The number of hydrogen-bond donors (Lipinski definition) is 2. The highest BCUT2D eigenvalue weighted by Crippen LogP contribution is 2.32. The normalized spacial score (nSPS) is 18.3.